The van der Waals surface area contributed by atoms with Crippen molar-refractivity contribution in [2.45, 2.75) is 45.6 Å². The monoisotopic (exact) mass is 421 g/mol. The van der Waals surface area contributed by atoms with Crippen molar-refractivity contribution in [3.05, 3.63) is 58.7 Å². The summed E-state index contributed by atoms with van der Waals surface area (Å²) in [7, 11) is 0. The van der Waals surface area contributed by atoms with Crippen molar-refractivity contribution in [2.24, 2.45) is 0 Å². The molecule has 1 aromatic rings. The summed E-state index contributed by atoms with van der Waals surface area (Å²) >= 11 is 0. The molecule has 1 aliphatic carbocycles. The molecular formula is C22H25F2NO5. The van der Waals surface area contributed by atoms with Crippen LogP contribution in [0.15, 0.2) is 53.1 Å². The third-order valence-electron chi connectivity index (χ3n) is 4.66. The Hall–Kier alpha value is -3.03. The van der Waals surface area contributed by atoms with Crippen LogP contribution in [-0.2, 0) is 23.9 Å². The molecule has 8 heteroatoms. The molecule has 1 N–H and O–H groups in total. The van der Waals surface area contributed by atoms with Crippen molar-refractivity contribution < 1.29 is 32.6 Å². The van der Waals surface area contributed by atoms with Crippen LogP contribution < -0.4 is 5.32 Å². The molecule has 0 aromatic heterocycles. The summed E-state index contributed by atoms with van der Waals surface area (Å²) < 4.78 is 39.6. The minimum Gasteiger partial charge on any atom is -0.463 e. The molecule has 162 valence electrons. The van der Waals surface area contributed by atoms with E-state index in [1.807, 2.05) is 0 Å². The van der Waals surface area contributed by atoms with Gasteiger partial charge in [0.15, 0.2) is 0 Å². The molecule has 0 spiro atoms. The summed E-state index contributed by atoms with van der Waals surface area (Å²) in [6.07, 6.45) is 0.272. The molecule has 1 atom stereocenters. The molecule has 1 aromatic carbocycles. The van der Waals surface area contributed by atoms with E-state index in [0.29, 0.717) is 5.56 Å². The zero-order chi connectivity index (χ0) is 22.3. The van der Waals surface area contributed by atoms with Gasteiger partial charge in [0.2, 0.25) is 0 Å². The molecule has 0 fully saturated rings. The van der Waals surface area contributed by atoms with Gasteiger partial charge in [-0.3, -0.25) is 4.79 Å². The Labute approximate surface area is 173 Å². The predicted molar refractivity (Wildman–Crippen MR) is 106 cm³/mol. The highest BCUT2D eigenvalue weighted by atomic mass is 19.3. The number of ether oxygens (including phenoxy) is 2. The highest BCUT2D eigenvalue weighted by Crippen LogP contribution is 2.36. The molecule has 0 saturated heterocycles. The van der Waals surface area contributed by atoms with Crippen LogP contribution in [0.1, 0.15) is 45.2 Å². The van der Waals surface area contributed by atoms with Crippen LogP contribution >= 0.6 is 0 Å². The van der Waals surface area contributed by atoms with E-state index in [9.17, 15) is 23.2 Å². The van der Waals surface area contributed by atoms with E-state index in [0.717, 1.165) is 6.08 Å². The van der Waals surface area contributed by atoms with Crippen LogP contribution in [0.2, 0.25) is 0 Å². The lowest BCUT2D eigenvalue weighted by molar-refractivity contribution is -0.143. The molecule has 1 aliphatic rings. The molecule has 0 aliphatic heterocycles. The number of esters is 2. The average Bonchev–Trinajstić information content (AvgIpc) is 2.74. The lowest BCUT2D eigenvalue weighted by Crippen LogP contribution is -2.43. The van der Waals surface area contributed by atoms with E-state index in [1.165, 1.54) is 0 Å². The Morgan fingerprint density at radius 3 is 2.17 bits per heavy atom. The van der Waals surface area contributed by atoms with Crippen LogP contribution in [0.4, 0.5) is 8.78 Å². The number of rotatable bonds is 8. The van der Waals surface area contributed by atoms with E-state index >= 15 is 0 Å². The van der Waals surface area contributed by atoms with Gasteiger partial charge in [0, 0.05) is 12.0 Å². The maximum absolute atomic E-state index is 14.9. The van der Waals surface area contributed by atoms with Gasteiger partial charge in [-0.25, -0.2) is 9.59 Å². The predicted octanol–water partition coefficient (Wildman–Crippen LogP) is 3.64. The fourth-order valence-corrected chi connectivity index (χ4v) is 3.05. The molecule has 0 radical (unpaired) electrons. The van der Waals surface area contributed by atoms with Crippen molar-refractivity contribution in [1.82, 2.24) is 5.32 Å². The number of hydrogen-bond donors (Lipinski definition) is 1. The average molecular weight is 421 g/mol. The van der Waals surface area contributed by atoms with Crippen molar-refractivity contribution in [3.8, 4) is 0 Å². The van der Waals surface area contributed by atoms with Gasteiger partial charge in [-0.2, -0.15) is 8.78 Å². The van der Waals surface area contributed by atoms with Gasteiger partial charge in [-0.15, -0.1) is 0 Å². The largest absolute Gasteiger partial charge is 0.463 e. The van der Waals surface area contributed by atoms with Crippen molar-refractivity contribution in [3.63, 3.8) is 0 Å². The van der Waals surface area contributed by atoms with E-state index in [-0.39, 0.29) is 30.8 Å². The Kier molecular flexibility index (Phi) is 7.86. The van der Waals surface area contributed by atoms with Crippen LogP contribution in [-0.4, -0.2) is 37.0 Å². The van der Waals surface area contributed by atoms with Crippen LogP contribution in [0.3, 0.4) is 0 Å². The van der Waals surface area contributed by atoms with Crippen molar-refractivity contribution in [1.29, 1.82) is 0 Å². The normalized spacial score (nSPS) is 15.2. The summed E-state index contributed by atoms with van der Waals surface area (Å²) in [6, 6.07) is 8.07. The lowest BCUT2D eigenvalue weighted by atomic mass is 9.88. The minimum absolute atomic E-state index is 0.0168. The summed E-state index contributed by atoms with van der Waals surface area (Å²) in [5.41, 5.74) is -0.128. The number of benzene rings is 1. The highest BCUT2D eigenvalue weighted by Gasteiger charge is 2.45. The SMILES string of the molecule is CCOC(=O)C1=C(C(=O)OCC)CC(C(F)(F)C(=O)N[C@H](C)c2ccccc2)=CC1. The number of carbonyl (C=O) groups excluding carboxylic acids is 3. The van der Waals surface area contributed by atoms with Gasteiger partial charge in [0.05, 0.1) is 30.4 Å². The van der Waals surface area contributed by atoms with Gasteiger partial charge < -0.3 is 14.8 Å². The Balaban J connectivity index is 2.22. The lowest BCUT2D eigenvalue weighted by Gasteiger charge is -2.26. The van der Waals surface area contributed by atoms with Crippen molar-refractivity contribution in [2.75, 3.05) is 13.2 Å². The number of allylic oxidation sites excluding steroid dienone is 1. The van der Waals surface area contributed by atoms with Crippen LogP contribution in [0.25, 0.3) is 0 Å². The summed E-state index contributed by atoms with van der Waals surface area (Å²) in [6.45, 7) is 4.85. The molecule has 0 saturated carbocycles. The smallest absolute Gasteiger partial charge is 0.346 e. The number of hydrogen-bond acceptors (Lipinski definition) is 5. The standard InChI is InChI=1S/C22H25F2NO5/c1-4-29-19(26)17-12-11-16(13-18(17)20(27)30-5-2)22(23,24)21(28)25-14(3)15-9-7-6-8-10-15/h6-11,14H,4-5,12-13H2,1-3H3,(H,25,28)/t14-/m1/s1. The van der Waals surface area contributed by atoms with E-state index in [1.54, 1.807) is 51.1 Å². The molecule has 0 bridgehead atoms. The quantitative estimate of drug-likeness (QED) is 0.512. The highest BCUT2D eigenvalue weighted by molar-refractivity contribution is 6.02. The molecule has 30 heavy (non-hydrogen) atoms. The second-order valence-corrected chi connectivity index (χ2v) is 6.69. The number of halogens is 2. The first kappa shape index (κ1) is 23.3. The zero-order valence-corrected chi connectivity index (χ0v) is 17.2. The number of nitrogens with one attached hydrogen (secondary N) is 1. The van der Waals surface area contributed by atoms with Crippen molar-refractivity contribution >= 4 is 17.8 Å². The second-order valence-electron chi connectivity index (χ2n) is 6.69. The summed E-state index contributed by atoms with van der Waals surface area (Å²) in [4.78, 5) is 36.7. The number of amides is 1. The Morgan fingerprint density at radius 1 is 1.03 bits per heavy atom. The van der Waals surface area contributed by atoms with Gasteiger partial charge in [0.1, 0.15) is 0 Å². The minimum atomic E-state index is -3.86. The third kappa shape index (κ3) is 5.31. The van der Waals surface area contributed by atoms with Gasteiger partial charge in [-0.1, -0.05) is 36.4 Å². The topological polar surface area (TPSA) is 81.7 Å². The molecule has 2 rings (SSSR count). The maximum Gasteiger partial charge on any atom is 0.346 e. The Morgan fingerprint density at radius 2 is 1.60 bits per heavy atom. The molecule has 0 heterocycles. The first-order valence-corrected chi connectivity index (χ1v) is 9.71. The fraction of sp³-hybridized carbons (Fsp3) is 0.409. The number of alkyl halides is 2. The maximum atomic E-state index is 14.9. The van der Waals surface area contributed by atoms with Crippen LogP contribution in [0, 0.1) is 0 Å². The van der Waals surface area contributed by atoms with Crippen LogP contribution in [0.5, 0.6) is 0 Å². The fourth-order valence-electron chi connectivity index (χ4n) is 3.05. The Bertz CT molecular complexity index is 862. The molecule has 1 amide bonds. The molecular weight excluding hydrogens is 396 g/mol. The number of carbonyl (C=O) groups is 3. The van der Waals surface area contributed by atoms with E-state index in [2.05, 4.69) is 5.32 Å². The summed E-state index contributed by atoms with van der Waals surface area (Å²) in [5, 5.41) is 2.30. The first-order chi connectivity index (χ1) is 14.2. The van der Waals surface area contributed by atoms with Gasteiger partial charge in [0.25, 0.3) is 5.91 Å². The summed E-state index contributed by atoms with van der Waals surface area (Å²) in [5.74, 6) is -6.98. The zero-order valence-electron chi connectivity index (χ0n) is 17.2. The van der Waals surface area contributed by atoms with Gasteiger partial charge in [-0.05, 0) is 32.8 Å². The van der Waals surface area contributed by atoms with E-state index in [4.69, 9.17) is 9.47 Å². The second kappa shape index (κ2) is 10.1. The molecule has 6 nitrogen and oxygen atoms in total. The van der Waals surface area contributed by atoms with Gasteiger partial charge >= 0.3 is 17.9 Å². The van der Waals surface area contributed by atoms with E-state index < -0.39 is 41.8 Å². The molecule has 0 unspecified atom stereocenters. The first-order valence-electron chi connectivity index (χ1n) is 9.71. The third-order valence-corrected chi connectivity index (χ3v) is 4.66.